The molecule has 156 valence electrons. The maximum Gasteiger partial charge on any atom is 0.307 e. The molecule has 0 aliphatic heterocycles. The van der Waals surface area contributed by atoms with Crippen molar-refractivity contribution in [1.82, 2.24) is 10.0 Å². The fourth-order valence-electron chi connectivity index (χ4n) is 2.47. The number of nitrogens with one attached hydrogen (secondary N) is 2. The van der Waals surface area contributed by atoms with E-state index in [9.17, 15) is 18.0 Å². The van der Waals surface area contributed by atoms with Crippen LogP contribution in [0.5, 0.6) is 5.75 Å². The molecule has 2 rings (SSSR count). The maximum absolute atomic E-state index is 12.4. The molecule has 0 fully saturated rings. The van der Waals surface area contributed by atoms with E-state index in [0.29, 0.717) is 5.56 Å². The van der Waals surface area contributed by atoms with Gasteiger partial charge in [0.2, 0.25) is 15.9 Å². The highest BCUT2D eigenvalue weighted by atomic mass is 32.2. The third kappa shape index (κ3) is 6.14. The first-order valence-electron chi connectivity index (χ1n) is 8.51. The van der Waals surface area contributed by atoms with E-state index in [-0.39, 0.29) is 17.1 Å². The van der Waals surface area contributed by atoms with Crippen LogP contribution in [0.15, 0.2) is 46.7 Å². The van der Waals surface area contributed by atoms with Crippen molar-refractivity contribution in [2.45, 2.75) is 17.4 Å². The molecule has 2 N–H and O–H groups in total. The Morgan fingerprint density at radius 1 is 1.24 bits per heavy atom. The molecular weight excluding hydrogens is 416 g/mol. The number of ether oxygens (including phenoxy) is 2. The van der Waals surface area contributed by atoms with Crippen LogP contribution in [0.2, 0.25) is 0 Å². The van der Waals surface area contributed by atoms with E-state index in [0.717, 1.165) is 4.88 Å². The van der Waals surface area contributed by atoms with Gasteiger partial charge in [-0.05, 0) is 42.3 Å². The summed E-state index contributed by atoms with van der Waals surface area (Å²) in [7, 11) is 0.238. The molecular formula is C19H22N2O6S2. The Hall–Kier alpha value is -2.69. The fourth-order valence-corrected chi connectivity index (χ4v) is 4.18. The number of rotatable bonds is 9. The predicted molar refractivity (Wildman–Crippen MR) is 110 cm³/mol. The Morgan fingerprint density at radius 2 is 2.00 bits per heavy atom. The van der Waals surface area contributed by atoms with Crippen molar-refractivity contribution >= 4 is 39.3 Å². The number of methoxy groups -OCH3 is 2. The highest BCUT2D eigenvalue weighted by Gasteiger charge is 2.20. The summed E-state index contributed by atoms with van der Waals surface area (Å²) >= 11 is 1.42. The highest BCUT2D eigenvalue weighted by Crippen LogP contribution is 2.25. The van der Waals surface area contributed by atoms with Crippen LogP contribution >= 0.6 is 11.3 Å². The lowest BCUT2D eigenvalue weighted by molar-refractivity contribution is -0.141. The van der Waals surface area contributed by atoms with E-state index in [2.05, 4.69) is 14.8 Å². The number of thiophene rings is 1. The summed E-state index contributed by atoms with van der Waals surface area (Å²) in [6.07, 6.45) is 2.76. The molecule has 10 heteroatoms. The highest BCUT2D eigenvalue weighted by molar-refractivity contribution is 7.89. The van der Waals surface area contributed by atoms with Gasteiger partial charge in [0.25, 0.3) is 0 Å². The normalized spacial score (nSPS) is 12.5. The lowest BCUT2D eigenvalue weighted by Crippen LogP contribution is -2.28. The molecule has 1 atom stereocenters. The summed E-state index contributed by atoms with van der Waals surface area (Å²) in [5.74, 6) is -0.678. The van der Waals surface area contributed by atoms with Gasteiger partial charge in [-0.15, -0.1) is 11.3 Å². The summed E-state index contributed by atoms with van der Waals surface area (Å²) in [5.41, 5.74) is 0.496. The molecule has 8 nitrogen and oxygen atoms in total. The number of carbonyl (C=O) groups excluding carboxylic acids is 2. The van der Waals surface area contributed by atoms with Crippen LogP contribution in [-0.4, -0.2) is 41.6 Å². The topological polar surface area (TPSA) is 111 Å². The fraction of sp³-hybridized carbons (Fsp3) is 0.263. The summed E-state index contributed by atoms with van der Waals surface area (Å²) in [4.78, 5) is 24.8. The second-order valence-electron chi connectivity index (χ2n) is 5.81. The smallest absolute Gasteiger partial charge is 0.307 e. The van der Waals surface area contributed by atoms with E-state index in [1.165, 1.54) is 56.9 Å². The predicted octanol–water partition coefficient (Wildman–Crippen LogP) is 2.10. The van der Waals surface area contributed by atoms with Crippen LogP contribution in [0.4, 0.5) is 0 Å². The van der Waals surface area contributed by atoms with Crippen LogP contribution in [0, 0.1) is 0 Å². The van der Waals surface area contributed by atoms with E-state index in [1.807, 2.05) is 17.5 Å². The minimum atomic E-state index is -3.73. The van der Waals surface area contributed by atoms with Gasteiger partial charge in [-0.1, -0.05) is 12.1 Å². The van der Waals surface area contributed by atoms with Crippen molar-refractivity contribution in [3.63, 3.8) is 0 Å². The molecule has 29 heavy (non-hydrogen) atoms. The lowest BCUT2D eigenvalue weighted by Gasteiger charge is -2.15. The molecule has 1 aromatic carbocycles. The van der Waals surface area contributed by atoms with Crippen LogP contribution in [0.3, 0.4) is 0 Å². The number of amides is 1. The summed E-state index contributed by atoms with van der Waals surface area (Å²) in [5, 5.41) is 4.61. The van der Waals surface area contributed by atoms with Crippen LogP contribution in [-0.2, 0) is 24.3 Å². The molecule has 0 bridgehead atoms. The van der Waals surface area contributed by atoms with Crippen molar-refractivity contribution in [2.75, 3.05) is 21.3 Å². The first kappa shape index (κ1) is 22.6. The maximum atomic E-state index is 12.4. The molecule has 1 heterocycles. The molecule has 1 unspecified atom stereocenters. The Balaban J connectivity index is 2.19. The standard InChI is InChI=1S/C19H22N2O6S2/c1-20-29(24,25)17-11-13(6-8-15(17)26-2)7-9-18(22)21-14(12-19(23)27-3)16-5-4-10-28-16/h4-11,14,20H,12H2,1-3H3,(H,21,22)/b9-7+. The zero-order valence-corrected chi connectivity index (χ0v) is 17.8. The van der Waals surface area contributed by atoms with Crippen molar-refractivity contribution in [2.24, 2.45) is 0 Å². The van der Waals surface area contributed by atoms with Gasteiger partial charge in [-0.25, -0.2) is 13.1 Å². The lowest BCUT2D eigenvalue weighted by atomic mass is 10.1. The number of benzene rings is 1. The van der Waals surface area contributed by atoms with Gasteiger partial charge in [0.1, 0.15) is 10.6 Å². The quantitative estimate of drug-likeness (QED) is 0.458. The van der Waals surface area contributed by atoms with E-state index in [1.54, 1.807) is 6.07 Å². The number of hydrogen-bond donors (Lipinski definition) is 2. The van der Waals surface area contributed by atoms with Gasteiger partial charge in [0.05, 0.1) is 26.7 Å². The van der Waals surface area contributed by atoms with Gasteiger partial charge >= 0.3 is 5.97 Å². The molecule has 0 aliphatic carbocycles. The number of esters is 1. The summed E-state index contributed by atoms with van der Waals surface area (Å²) in [6.45, 7) is 0. The second-order valence-corrected chi connectivity index (χ2v) is 8.64. The van der Waals surface area contributed by atoms with Gasteiger partial charge in [-0.3, -0.25) is 9.59 Å². The van der Waals surface area contributed by atoms with Crippen LogP contribution < -0.4 is 14.8 Å². The van der Waals surface area contributed by atoms with Gasteiger partial charge in [0, 0.05) is 11.0 Å². The second kappa shape index (κ2) is 10.2. The van der Waals surface area contributed by atoms with Gasteiger partial charge in [-0.2, -0.15) is 0 Å². The largest absolute Gasteiger partial charge is 0.495 e. The number of hydrogen-bond acceptors (Lipinski definition) is 7. The monoisotopic (exact) mass is 438 g/mol. The third-order valence-corrected chi connectivity index (χ3v) is 6.40. The molecule has 0 saturated heterocycles. The van der Waals surface area contributed by atoms with Crippen LogP contribution in [0.25, 0.3) is 6.08 Å². The summed E-state index contributed by atoms with van der Waals surface area (Å²) in [6, 6.07) is 7.67. The van der Waals surface area contributed by atoms with Gasteiger partial charge < -0.3 is 14.8 Å². The first-order chi connectivity index (χ1) is 13.8. The van der Waals surface area contributed by atoms with Crippen molar-refractivity contribution in [3.8, 4) is 5.75 Å². The zero-order valence-electron chi connectivity index (χ0n) is 16.2. The molecule has 0 saturated carbocycles. The van der Waals surface area contributed by atoms with E-state index in [4.69, 9.17) is 4.74 Å². The van der Waals surface area contributed by atoms with Crippen LogP contribution in [0.1, 0.15) is 22.9 Å². The minimum absolute atomic E-state index is 0.00366. The Morgan fingerprint density at radius 3 is 2.59 bits per heavy atom. The number of carbonyl (C=O) groups is 2. The average molecular weight is 439 g/mol. The Labute approximate surface area is 173 Å². The number of sulfonamides is 1. The van der Waals surface area contributed by atoms with Crippen molar-refractivity contribution in [3.05, 3.63) is 52.2 Å². The molecule has 1 amide bonds. The van der Waals surface area contributed by atoms with E-state index >= 15 is 0 Å². The zero-order chi connectivity index (χ0) is 21.4. The molecule has 0 radical (unpaired) electrons. The van der Waals surface area contributed by atoms with Gasteiger partial charge in [0.15, 0.2) is 0 Å². The molecule has 0 aliphatic rings. The average Bonchev–Trinajstić information content (AvgIpc) is 3.26. The van der Waals surface area contributed by atoms with Crippen molar-refractivity contribution in [1.29, 1.82) is 0 Å². The SMILES string of the molecule is CNS(=O)(=O)c1cc(/C=C/C(=O)NC(CC(=O)OC)c2cccs2)ccc1OC. The minimum Gasteiger partial charge on any atom is -0.495 e. The molecule has 0 spiro atoms. The molecule has 1 aromatic heterocycles. The van der Waals surface area contributed by atoms with E-state index < -0.39 is 27.9 Å². The third-order valence-electron chi connectivity index (χ3n) is 3.97. The Bertz CT molecular complexity index is 984. The summed E-state index contributed by atoms with van der Waals surface area (Å²) < 4.78 is 36.3. The molecule has 2 aromatic rings. The first-order valence-corrected chi connectivity index (χ1v) is 10.9. The Kier molecular flexibility index (Phi) is 7.94. The van der Waals surface area contributed by atoms with Crippen molar-refractivity contribution < 1.29 is 27.5 Å².